The Morgan fingerprint density at radius 3 is 2.68 bits per heavy atom. The van der Waals surface area contributed by atoms with Crippen molar-refractivity contribution in [2.24, 2.45) is 0 Å². The molecule has 0 radical (unpaired) electrons. The van der Waals surface area contributed by atoms with Crippen LogP contribution in [0.3, 0.4) is 0 Å². The zero-order valence-electron chi connectivity index (χ0n) is 18.0. The van der Waals surface area contributed by atoms with Gasteiger partial charge in [0.2, 0.25) is 0 Å². The van der Waals surface area contributed by atoms with E-state index in [9.17, 15) is 9.90 Å². The quantitative estimate of drug-likeness (QED) is 0.659. The van der Waals surface area contributed by atoms with Crippen LogP contribution in [0.2, 0.25) is 0 Å². The van der Waals surface area contributed by atoms with Gasteiger partial charge in [-0.05, 0) is 68.9 Å². The second kappa shape index (κ2) is 8.73. The second-order valence-corrected chi connectivity index (χ2v) is 8.11. The molecule has 4 rings (SSSR count). The van der Waals surface area contributed by atoms with Crippen LogP contribution in [0, 0.1) is 6.92 Å². The second-order valence-electron chi connectivity index (χ2n) is 8.11. The predicted octanol–water partition coefficient (Wildman–Crippen LogP) is 3.68. The monoisotopic (exact) mass is 417 g/mol. The Labute approximate surface area is 182 Å². The topological polar surface area (TPSA) is 81.6 Å². The smallest absolute Gasteiger partial charge is 0.253 e. The summed E-state index contributed by atoms with van der Waals surface area (Å²) in [6, 6.07) is 12.8. The predicted molar refractivity (Wildman–Crippen MR) is 122 cm³/mol. The highest BCUT2D eigenvalue weighted by Crippen LogP contribution is 2.25. The molecule has 2 heterocycles. The summed E-state index contributed by atoms with van der Waals surface area (Å²) in [5, 5.41) is 12.8. The fourth-order valence-electron chi connectivity index (χ4n) is 3.82. The van der Waals surface area contributed by atoms with Gasteiger partial charge in [-0.3, -0.25) is 9.78 Å². The van der Waals surface area contributed by atoms with Gasteiger partial charge in [0.15, 0.2) is 0 Å². The Morgan fingerprint density at radius 1 is 1.19 bits per heavy atom. The number of nitrogens with zero attached hydrogens (tertiary/aromatic N) is 4. The average Bonchev–Trinajstić information content (AvgIpc) is 3.21. The summed E-state index contributed by atoms with van der Waals surface area (Å²) in [7, 11) is 3.96. The van der Waals surface area contributed by atoms with E-state index in [1.54, 1.807) is 36.7 Å². The SMILES string of the molecule is Cc1ccc(C(=O)N(C)C2CCN(C)C2)cc1Nc1cncc(-c2ccc(O)cc2)n1. The number of hydrogen-bond donors (Lipinski definition) is 2. The lowest BCUT2D eigenvalue weighted by molar-refractivity contribution is 0.0737. The first-order valence-electron chi connectivity index (χ1n) is 10.4. The van der Waals surface area contributed by atoms with E-state index in [0.717, 1.165) is 36.3 Å². The van der Waals surface area contributed by atoms with E-state index in [1.807, 2.05) is 37.1 Å². The highest BCUT2D eigenvalue weighted by Gasteiger charge is 2.27. The van der Waals surface area contributed by atoms with Gasteiger partial charge in [-0.15, -0.1) is 0 Å². The largest absolute Gasteiger partial charge is 0.508 e. The summed E-state index contributed by atoms with van der Waals surface area (Å²) in [6.07, 6.45) is 4.33. The number of aromatic hydroxyl groups is 1. The van der Waals surface area contributed by atoms with E-state index in [1.165, 1.54) is 0 Å². The minimum Gasteiger partial charge on any atom is -0.508 e. The third-order valence-electron chi connectivity index (χ3n) is 5.78. The van der Waals surface area contributed by atoms with Crippen molar-refractivity contribution in [1.82, 2.24) is 19.8 Å². The minimum atomic E-state index is 0.0206. The number of benzene rings is 2. The van der Waals surface area contributed by atoms with Gasteiger partial charge in [0.1, 0.15) is 11.6 Å². The summed E-state index contributed by atoms with van der Waals surface area (Å²) in [5.41, 5.74) is 4.03. The molecule has 31 heavy (non-hydrogen) atoms. The van der Waals surface area contributed by atoms with Gasteiger partial charge in [0.05, 0.1) is 18.1 Å². The number of likely N-dealkylation sites (tertiary alicyclic amines) is 1. The van der Waals surface area contributed by atoms with Crippen LogP contribution in [0.25, 0.3) is 11.3 Å². The number of phenols is 1. The number of aryl methyl sites for hydroxylation is 1. The van der Waals surface area contributed by atoms with E-state index in [2.05, 4.69) is 27.2 Å². The lowest BCUT2D eigenvalue weighted by Crippen LogP contribution is -2.38. The molecule has 0 spiro atoms. The number of phenolic OH excluding ortho intramolecular Hbond substituents is 1. The number of aromatic nitrogens is 2. The number of hydrogen-bond acceptors (Lipinski definition) is 6. The number of carbonyl (C=O) groups excluding carboxylic acids is 1. The molecule has 0 bridgehead atoms. The normalized spacial score (nSPS) is 16.3. The van der Waals surface area contributed by atoms with E-state index in [0.29, 0.717) is 17.1 Å². The number of likely N-dealkylation sites (N-methyl/N-ethyl adjacent to an activating group) is 2. The highest BCUT2D eigenvalue weighted by atomic mass is 16.3. The molecule has 0 aliphatic carbocycles. The molecule has 1 saturated heterocycles. The van der Waals surface area contributed by atoms with Crippen molar-refractivity contribution in [3.05, 3.63) is 66.0 Å². The number of amides is 1. The van der Waals surface area contributed by atoms with Crippen LogP contribution in [0.1, 0.15) is 22.3 Å². The van der Waals surface area contributed by atoms with E-state index < -0.39 is 0 Å². The van der Waals surface area contributed by atoms with Crippen LogP contribution in [-0.2, 0) is 0 Å². The Balaban J connectivity index is 1.55. The Morgan fingerprint density at radius 2 is 1.97 bits per heavy atom. The van der Waals surface area contributed by atoms with E-state index in [-0.39, 0.29) is 17.7 Å². The fraction of sp³-hybridized carbons (Fsp3) is 0.292. The van der Waals surface area contributed by atoms with Gasteiger partial charge in [-0.1, -0.05) is 6.07 Å². The molecule has 3 aromatic rings. The van der Waals surface area contributed by atoms with Gasteiger partial charge >= 0.3 is 0 Å². The zero-order valence-corrected chi connectivity index (χ0v) is 18.0. The van der Waals surface area contributed by atoms with Crippen molar-refractivity contribution in [3.63, 3.8) is 0 Å². The van der Waals surface area contributed by atoms with Crippen molar-refractivity contribution < 1.29 is 9.90 Å². The molecule has 1 aliphatic rings. The van der Waals surface area contributed by atoms with E-state index in [4.69, 9.17) is 0 Å². The van der Waals surface area contributed by atoms with Crippen molar-refractivity contribution in [3.8, 4) is 17.0 Å². The fourth-order valence-corrected chi connectivity index (χ4v) is 3.82. The molecule has 7 nitrogen and oxygen atoms in total. The molecule has 1 aliphatic heterocycles. The molecule has 1 atom stereocenters. The lowest BCUT2D eigenvalue weighted by Gasteiger charge is -2.25. The van der Waals surface area contributed by atoms with Crippen LogP contribution in [-0.4, -0.2) is 64.0 Å². The standard InChI is InChI=1S/C24H27N5O2/c1-16-4-5-18(24(31)29(3)19-10-11-28(2)15-19)12-21(16)26-23-14-25-13-22(27-23)17-6-8-20(30)9-7-17/h4-9,12-14,19,30H,10-11,15H2,1-3H3,(H,26,27). The number of rotatable bonds is 5. The van der Waals surface area contributed by atoms with Crippen molar-refractivity contribution in [2.75, 3.05) is 32.5 Å². The first kappa shape index (κ1) is 20.8. The van der Waals surface area contributed by atoms with Crippen molar-refractivity contribution in [1.29, 1.82) is 0 Å². The zero-order chi connectivity index (χ0) is 22.0. The first-order valence-corrected chi connectivity index (χ1v) is 10.4. The first-order chi connectivity index (χ1) is 14.9. The van der Waals surface area contributed by atoms with Crippen LogP contribution < -0.4 is 5.32 Å². The average molecular weight is 418 g/mol. The van der Waals surface area contributed by atoms with Crippen LogP contribution in [0.5, 0.6) is 5.75 Å². The van der Waals surface area contributed by atoms with Crippen molar-refractivity contribution in [2.45, 2.75) is 19.4 Å². The third kappa shape index (κ3) is 4.67. The van der Waals surface area contributed by atoms with Gasteiger partial charge in [-0.2, -0.15) is 0 Å². The van der Waals surface area contributed by atoms with Gasteiger partial charge < -0.3 is 20.2 Å². The highest BCUT2D eigenvalue weighted by molar-refractivity contribution is 5.95. The molecule has 2 N–H and O–H groups in total. The molecule has 0 saturated carbocycles. The summed E-state index contributed by atoms with van der Waals surface area (Å²) in [6.45, 7) is 3.90. The van der Waals surface area contributed by atoms with Crippen LogP contribution >= 0.6 is 0 Å². The maximum Gasteiger partial charge on any atom is 0.253 e. The molecule has 2 aromatic carbocycles. The molecule has 160 valence electrons. The van der Waals surface area contributed by atoms with Crippen molar-refractivity contribution >= 4 is 17.4 Å². The van der Waals surface area contributed by atoms with Gasteiger partial charge in [0, 0.05) is 36.4 Å². The summed E-state index contributed by atoms with van der Waals surface area (Å²) < 4.78 is 0. The summed E-state index contributed by atoms with van der Waals surface area (Å²) in [4.78, 5) is 26.1. The van der Waals surface area contributed by atoms with Crippen LogP contribution in [0.4, 0.5) is 11.5 Å². The molecule has 1 fully saturated rings. The minimum absolute atomic E-state index is 0.0206. The van der Waals surface area contributed by atoms with Crippen LogP contribution in [0.15, 0.2) is 54.9 Å². The van der Waals surface area contributed by atoms with Gasteiger partial charge in [-0.25, -0.2) is 4.98 Å². The number of carbonyl (C=O) groups is 1. The Kier molecular flexibility index (Phi) is 5.86. The Hall–Kier alpha value is -3.45. The number of anilines is 2. The number of nitrogens with one attached hydrogen (secondary N) is 1. The lowest BCUT2D eigenvalue weighted by atomic mass is 10.1. The maximum absolute atomic E-state index is 13.1. The molecule has 7 heteroatoms. The summed E-state index contributed by atoms with van der Waals surface area (Å²) in [5.74, 6) is 0.814. The summed E-state index contributed by atoms with van der Waals surface area (Å²) >= 11 is 0. The molecule has 1 amide bonds. The molecular formula is C24H27N5O2. The molecular weight excluding hydrogens is 390 g/mol. The third-order valence-corrected chi connectivity index (χ3v) is 5.78. The van der Waals surface area contributed by atoms with Gasteiger partial charge in [0.25, 0.3) is 5.91 Å². The molecule has 1 aromatic heterocycles. The Bertz CT molecular complexity index is 1080. The molecule has 1 unspecified atom stereocenters. The van der Waals surface area contributed by atoms with E-state index >= 15 is 0 Å². The maximum atomic E-state index is 13.1.